The van der Waals surface area contributed by atoms with E-state index in [1.54, 1.807) is 6.92 Å². The molecule has 0 radical (unpaired) electrons. The summed E-state index contributed by atoms with van der Waals surface area (Å²) < 4.78 is 2.10. The quantitative estimate of drug-likeness (QED) is 0.742. The number of fused-ring (bicyclic) bond motifs is 1. The molecule has 0 aliphatic heterocycles. The van der Waals surface area contributed by atoms with Crippen LogP contribution in [0.25, 0.3) is 11.0 Å². The second kappa shape index (κ2) is 6.73. The van der Waals surface area contributed by atoms with Gasteiger partial charge in [-0.25, -0.2) is 4.98 Å². The predicted molar refractivity (Wildman–Crippen MR) is 95.0 cm³/mol. The van der Waals surface area contributed by atoms with E-state index in [4.69, 9.17) is 16.6 Å². The molecule has 0 spiro atoms. The van der Waals surface area contributed by atoms with Crippen molar-refractivity contribution in [3.63, 3.8) is 0 Å². The molecule has 1 heterocycles. The van der Waals surface area contributed by atoms with Gasteiger partial charge in [-0.05, 0) is 37.1 Å². The maximum Gasteiger partial charge on any atom is 0.117 e. The third kappa shape index (κ3) is 3.26. The number of aromatic nitrogens is 2. The zero-order valence-electron chi connectivity index (χ0n) is 13.4. The van der Waals surface area contributed by atoms with Crippen LogP contribution in [0, 0.1) is 0 Å². The van der Waals surface area contributed by atoms with E-state index in [-0.39, 0.29) is 5.92 Å². The smallest absolute Gasteiger partial charge is 0.117 e. The van der Waals surface area contributed by atoms with Crippen molar-refractivity contribution >= 4 is 22.6 Å². The van der Waals surface area contributed by atoms with Gasteiger partial charge in [0, 0.05) is 10.9 Å². The number of imidazole rings is 1. The molecular formula is C19H21ClN2O. The second-order valence-electron chi connectivity index (χ2n) is 5.93. The van der Waals surface area contributed by atoms with Crippen molar-refractivity contribution in [1.82, 2.24) is 9.55 Å². The van der Waals surface area contributed by atoms with Crippen molar-refractivity contribution in [1.29, 1.82) is 0 Å². The monoisotopic (exact) mass is 328 g/mol. The Morgan fingerprint density at radius 2 is 1.91 bits per heavy atom. The van der Waals surface area contributed by atoms with Gasteiger partial charge in [-0.1, -0.05) is 48.9 Å². The van der Waals surface area contributed by atoms with Gasteiger partial charge in [-0.3, -0.25) is 0 Å². The summed E-state index contributed by atoms with van der Waals surface area (Å²) in [6.45, 7) is 4.47. The number of nitrogens with zero attached hydrogens (tertiary/aromatic N) is 2. The van der Waals surface area contributed by atoms with Gasteiger partial charge >= 0.3 is 0 Å². The molecule has 1 N–H and O–H groups in total. The van der Waals surface area contributed by atoms with Gasteiger partial charge in [0.1, 0.15) is 5.82 Å². The Balaban J connectivity index is 2.18. The van der Waals surface area contributed by atoms with Crippen molar-refractivity contribution in [2.75, 3.05) is 0 Å². The lowest BCUT2D eigenvalue weighted by Gasteiger charge is -2.18. The summed E-state index contributed by atoms with van der Waals surface area (Å²) >= 11 is 6.16. The Morgan fingerprint density at radius 1 is 1.17 bits per heavy atom. The molecule has 4 heteroatoms. The average Bonchev–Trinajstić information content (AvgIpc) is 2.87. The Bertz CT molecular complexity index is 796. The first-order valence-electron chi connectivity index (χ1n) is 7.98. The minimum absolute atomic E-state index is 0.195. The zero-order chi connectivity index (χ0) is 16.4. The van der Waals surface area contributed by atoms with Crippen LogP contribution in [0.5, 0.6) is 0 Å². The largest absolute Gasteiger partial charge is 0.392 e. The summed E-state index contributed by atoms with van der Waals surface area (Å²) in [6, 6.07) is 16.1. The predicted octanol–water partition coefficient (Wildman–Crippen LogP) is 4.61. The second-order valence-corrected chi connectivity index (χ2v) is 6.37. The maximum atomic E-state index is 9.92. The molecule has 0 amide bonds. The maximum absolute atomic E-state index is 9.92. The van der Waals surface area contributed by atoms with Gasteiger partial charge in [0.15, 0.2) is 0 Å². The number of hydrogen-bond donors (Lipinski definition) is 1. The van der Waals surface area contributed by atoms with Crippen LogP contribution in [0.2, 0.25) is 5.02 Å². The summed E-state index contributed by atoms with van der Waals surface area (Å²) in [5, 5.41) is 10.6. The van der Waals surface area contributed by atoms with Crippen molar-refractivity contribution in [2.45, 2.75) is 38.8 Å². The van der Waals surface area contributed by atoms with E-state index in [0.29, 0.717) is 11.6 Å². The van der Waals surface area contributed by atoms with E-state index < -0.39 is 6.10 Å². The number of aliphatic hydroxyl groups excluding tert-OH is 1. The van der Waals surface area contributed by atoms with Crippen LogP contribution in [0.1, 0.15) is 37.6 Å². The summed E-state index contributed by atoms with van der Waals surface area (Å²) in [5.41, 5.74) is 3.13. The molecule has 3 aromatic rings. The van der Waals surface area contributed by atoms with Gasteiger partial charge in [0.05, 0.1) is 23.7 Å². The number of hydrogen-bond acceptors (Lipinski definition) is 2. The fourth-order valence-corrected chi connectivity index (χ4v) is 3.26. The van der Waals surface area contributed by atoms with Gasteiger partial charge in [0.2, 0.25) is 0 Å². The van der Waals surface area contributed by atoms with Crippen molar-refractivity contribution in [2.24, 2.45) is 0 Å². The highest BCUT2D eigenvalue weighted by molar-refractivity contribution is 6.31. The van der Waals surface area contributed by atoms with Crippen LogP contribution in [0.3, 0.4) is 0 Å². The summed E-state index contributed by atoms with van der Waals surface area (Å²) in [4.78, 5) is 4.85. The first-order valence-corrected chi connectivity index (χ1v) is 8.36. The first-order chi connectivity index (χ1) is 11.1. The molecule has 0 aliphatic rings. The van der Waals surface area contributed by atoms with Crippen LogP contribution < -0.4 is 0 Å². The molecule has 2 atom stereocenters. The number of rotatable bonds is 5. The first kappa shape index (κ1) is 16.0. The standard InChI is InChI=1S/C19H21ClN2O/c1-3-16(14-7-5-4-6-8-14)19-21-17-10-9-15(20)11-18(17)22(19)12-13(2)23/h4-11,13,16,23H,3,12H2,1-2H3. The minimum atomic E-state index is -0.446. The lowest BCUT2D eigenvalue weighted by Crippen LogP contribution is -2.17. The van der Waals surface area contributed by atoms with E-state index >= 15 is 0 Å². The third-order valence-electron chi connectivity index (χ3n) is 4.11. The highest BCUT2D eigenvalue weighted by atomic mass is 35.5. The fourth-order valence-electron chi connectivity index (χ4n) is 3.09. The average molecular weight is 329 g/mol. The van der Waals surface area contributed by atoms with E-state index in [1.165, 1.54) is 5.56 Å². The normalized spacial score (nSPS) is 14.1. The summed E-state index contributed by atoms with van der Waals surface area (Å²) in [7, 11) is 0. The van der Waals surface area contributed by atoms with Gasteiger partial charge in [0.25, 0.3) is 0 Å². The molecule has 1 aromatic heterocycles. The van der Waals surface area contributed by atoms with E-state index in [9.17, 15) is 5.11 Å². The van der Waals surface area contributed by atoms with Crippen LogP contribution in [-0.2, 0) is 6.54 Å². The zero-order valence-corrected chi connectivity index (χ0v) is 14.2. The molecule has 2 unspecified atom stereocenters. The topological polar surface area (TPSA) is 38.0 Å². The molecule has 0 aliphatic carbocycles. The highest BCUT2D eigenvalue weighted by Gasteiger charge is 2.21. The van der Waals surface area contributed by atoms with E-state index in [1.807, 2.05) is 24.3 Å². The Labute approximate surface area is 141 Å². The third-order valence-corrected chi connectivity index (χ3v) is 4.34. The molecular weight excluding hydrogens is 308 g/mol. The SMILES string of the molecule is CCC(c1ccccc1)c1nc2ccc(Cl)cc2n1CC(C)O. The molecule has 120 valence electrons. The Kier molecular flexibility index (Phi) is 4.69. The molecule has 0 saturated carbocycles. The van der Waals surface area contributed by atoms with Gasteiger partial charge in [-0.15, -0.1) is 0 Å². The molecule has 0 fully saturated rings. The number of halogens is 1. The van der Waals surface area contributed by atoms with Crippen LogP contribution in [0.4, 0.5) is 0 Å². The molecule has 0 bridgehead atoms. The summed E-state index contributed by atoms with van der Waals surface area (Å²) in [5.74, 6) is 1.18. The highest BCUT2D eigenvalue weighted by Crippen LogP contribution is 2.31. The van der Waals surface area contributed by atoms with Crippen molar-refractivity contribution < 1.29 is 5.11 Å². The fraction of sp³-hybridized carbons (Fsp3) is 0.316. The molecule has 0 saturated heterocycles. The van der Waals surface area contributed by atoms with Crippen LogP contribution in [0.15, 0.2) is 48.5 Å². The van der Waals surface area contributed by atoms with E-state index in [2.05, 4.69) is 35.8 Å². The van der Waals surface area contributed by atoms with Gasteiger partial charge in [-0.2, -0.15) is 0 Å². The van der Waals surface area contributed by atoms with Gasteiger partial charge < -0.3 is 9.67 Å². The molecule has 2 aromatic carbocycles. The number of benzene rings is 2. The molecule has 3 nitrogen and oxygen atoms in total. The summed E-state index contributed by atoms with van der Waals surface area (Å²) in [6.07, 6.45) is 0.499. The lowest BCUT2D eigenvalue weighted by molar-refractivity contribution is 0.173. The number of aliphatic hydroxyl groups is 1. The Hall–Kier alpha value is -1.84. The van der Waals surface area contributed by atoms with Crippen molar-refractivity contribution in [3.05, 3.63) is 64.9 Å². The molecule has 23 heavy (non-hydrogen) atoms. The van der Waals surface area contributed by atoms with Crippen LogP contribution in [-0.4, -0.2) is 20.8 Å². The Morgan fingerprint density at radius 3 is 2.57 bits per heavy atom. The van der Waals surface area contributed by atoms with E-state index in [0.717, 1.165) is 23.3 Å². The molecule has 3 rings (SSSR count). The minimum Gasteiger partial charge on any atom is -0.392 e. The lowest BCUT2D eigenvalue weighted by atomic mass is 9.95. The van der Waals surface area contributed by atoms with Crippen LogP contribution >= 0.6 is 11.6 Å². The van der Waals surface area contributed by atoms with Crippen molar-refractivity contribution in [3.8, 4) is 0 Å².